The summed E-state index contributed by atoms with van der Waals surface area (Å²) in [6, 6.07) is 70.7. The van der Waals surface area contributed by atoms with Gasteiger partial charge in [0.1, 0.15) is 11.5 Å². The Kier molecular flexibility index (Phi) is 7.77. The van der Waals surface area contributed by atoms with Crippen LogP contribution in [0.3, 0.4) is 0 Å². The average Bonchev–Trinajstić information content (AvgIpc) is 3.84. The maximum Gasteiger partial charge on any atom is 0.145 e. The van der Waals surface area contributed by atoms with Gasteiger partial charge in [-0.2, -0.15) is 0 Å². The number of fused-ring (bicyclic) bond motifs is 2. The van der Waals surface area contributed by atoms with Gasteiger partial charge in [0, 0.05) is 28.6 Å². The zero-order chi connectivity index (χ0) is 35.8. The summed E-state index contributed by atoms with van der Waals surface area (Å²) in [7, 11) is 0. The Hall–Kier alpha value is -7.30. The summed E-state index contributed by atoms with van der Waals surface area (Å²) in [5.41, 5.74) is 16.2. The standard InChI is InChI=1S/C50H34N4/c1-4-16-35(17-5-1)41-31-42(38-22-14-24-40(30-38)48-49(36-18-6-2-7-19-36)53-29-13-12-28-47(53)52-48)33-43(32-41)39-23-15-25-44(34-39)54-46-27-11-10-26-45(46)51-50(54)37-20-8-3-9-21-37/h1-34H. The van der Waals surface area contributed by atoms with Crippen LogP contribution in [0.25, 0.3) is 89.7 Å². The maximum atomic E-state index is 5.16. The summed E-state index contributed by atoms with van der Waals surface area (Å²) < 4.78 is 4.46. The van der Waals surface area contributed by atoms with E-state index in [0.717, 1.165) is 84.1 Å². The largest absolute Gasteiger partial charge is 0.299 e. The molecule has 0 aliphatic heterocycles. The Morgan fingerprint density at radius 1 is 0.352 bits per heavy atom. The van der Waals surface area contributed by atoms with Gasteiger partial charge >= 0.3 is 0 Å². The van der Waals surface area contributed by atoms with Gasteiger partial charge < -0.3 is 0 Å². The molecule has 0 amide bonds. The molecule has 4 heteroatoms. The SMILES string of the molecule is c1ccc(-c2cc(-c3cccc(-c4nc5ccccn5c4-c4ccccc4)c3)cc(-c3cccc(-n4c(-c5ccccc5)nc5ccccc54)c3)c2)cc1. The fraction of sp³-hybridized carbons (Fsp3) is 0. The number of para-hydroxylation sites is 2. The summed E-state index contributed by atoms with van der Waals surface area (Å²) in [5, 5.41) is 0. The van der Waals surface area contributed by atoms with Crippen LogP contribution in [0.4, 0.5) is 0 Å². The van der Waals surface area contributed by atoms with Gasteiger partial charge in [0.2, 0.25) is 0 Å². The van der Waals surface area contributed by atoms with Crippen molar-refractivity contribution in [2.45, 2.75) is 0 Å². The van der Waals surface area contributed by atoms with Gasteiger partial charge in [0.25, 0.3) is 0 Å². The second-order valence-electron chi connectivity index (χ2n) is 13.5. The monoisotopic (exact) mass is 690 g/mol. The molecule has 0 radical (unpaired) electrons. The highest BCUT2D eigenvalue weighted by atomic mass is 15.1. The lowest BCUT2D eigenvalue weighted by atomic mass is 9.92. The summed E-state index contributed by atoms with van der Waals surface area (Å²) in [6.07, 6.45) is 2.09. The molecular weight excluding hydrogens is 657 g/mol. The number of benzene rings is 7. The quantitative estimate of drug-likeness (QED) is 0.167. The summed E-state index contributed by atoms with van der Waals surface area (Å²) >= 11 is 0. The lowest BCUT2D eigenvalue weighted by Crippen LogP contribution is -1.98. The van der Waals surface area contributed by atoms with Gasteiger partial charge in [-0.05, 0) is 94.0 Å². The van der Waals surface area contributed by atoms with Gasteiger partial charge in [-0.15, -0.1) is 0 Å². The van der Waals surface area contributed by atoms with Crippen molar-refractivity contribution in [2.75, 3.05) is 0 Å². The number of rotatable bonds is 7. The third-order valence-corrected chi connectivity index (χ3v) is 10.1. The first-order valence-corrected chi connectivity index (χ1v) is 18.2. The van der Waals surface area contributed by atoms with E-state index < -0.39 is 0 Å². The normalized spacial score (nSPS) is 11.3. The zero-order valence-electron chi connectivity index (χ0n) is 29.4. The molecular formula is C50H34N4. The van der Waals surface area contributed by atoms with Crippen molar-refractivity contribution in [2.24, 2.45) is 0 Å². The van der Waals surface area contributed by atoms with Crippen molar-refractivity contribution in [3.8, 4) is 73.0 Å². The molecule has 0 saturated heterocycles. The number of hydrogen-bond donors (Lipinski definition) is 0. The molecule has 10 rings (SSSR count). The van der Waals surface area contributed by atoms with Crippen molar-refractivity contribution < 1.29 is 0 Å². The van der Waals surface area contributed by atoms with Gasteiger partial charge in [0.05, 0.1) is 22.4 Å². The maximum absolute atomic E-state index is 5.16. The Morgan fingerprint density at radius 2 is 0.889 bits per heavy atom. The first-order chi connectivity index (χ1) is 26.8. The van der Waals surface area contributed by atoms with E-state index in [1.54, 1.807) is 0 Å². The van der Waals surface area contributed by atoms with Crippen LogP contribution in [0.1, 0.15) is 0 Å². The number of hydrogen-bond acceptors (Lipinski definition) is 2. The van der Waals surface area contributed by atoms with Gasteiger partial charge in [-0.1, -0.05) is 140 Å². The topological polar surface area (TPSA) is 35.1 Å². The van der Waals surface area contributed by atoms with Gasteiger partial charge in [-0.3, -0.25) is 8.97 Å². The molecule has 0 bridgehead atoms. The predicted octanol–water partition coefficient (Wildman–Crippen LogP) is 12.7. The molecule has 0 N–H and O–H groups in total. The van der Waals surface area contributed by atoms with E-state index in [1.165, 1.54) is 5.56 Å². The molecule has 7 aromatic carbocycles. The van der Waals surface area contributed by atoms with E-state index in [0.29, 0.717) is 0 Å². The highest BCUT2D eigenvalue weighted by Gasteiger charge is 2.18. The fourth-order valence-corrected chi connectivity index (χ4v) is 7.57. The molecule has 0 saturated carbocycles. The van der Waals surface area contributed by atoms with Crippen LogP contribution in [0.5, 0.6) is 0 Å². The minimum Gasteiger partial charge on any atom is -0.299 e. The highest BCUT2D eigenvalue weighted by molar-refractivity contribution is 5.88. The third kappa shape index (κ3) is 5.67. The van der Waals surface area contributed by atoms with Crippen molar-refractivity contribution in [1.82, 2.24) is 18.9 Å². The minimum atomic E-state index is 0.922. The molecule has 0 aliphatic rings. The van der Waals surface area contributed by atoms with E-state index in [-0.39, 0.29) is 0 Å². The average molecular weight is 691 g/mol. The van der Waals surface area contributed by atoms with E-state index in [9.17, 15) is 0 Å². The van der Waals surface area contributed by atoms with Crippen LogP contribution in [0.15, 0.2) is 206 Å². The molecule has 0 unspecified atom stereocenters. The van der Waals surface area contributed by atoms with Crippen molar-refractivity contribution in [1.29, 1.82) is 0 Å². The second-order valence-corrected chi connectivity index (χ2v) is 13.5. The van der Waals surface area contributed by atoms with Crippen molar-refractivity contribution in [3.63, 3.8) is 0 Å². The minimum absolute atomic E-state index is 0.922. The van der Waals surface area contributed by atoms with Crippen molar-refractivity contribution >= 4 is 16.7 Å². The Bertz CT molecular complexity index is 2920. The van der Waals surface area contributed by atoms with E-state index in [4.69, 9.17) is 9.97 Å². The fourth-order valence-electron chi connectivity index (χ4n) is 7.57. The van der Waals surface area contributed by atoms with Gasteiger partial charge in [-0.25, -0.2) is 9.97 Å². The van der Waals surface area contributed by atoms with Crippen LogP contribution in [-0.4, -0.2) is 18.9 Å². The molecule has 0 fully saturated rings. The third-order valence-electron chi connectivity index (χ3n) is 10.1. The van der Waals surface area contributed by atoms with Crippen LogP contribution in [0, 0.1) is 0 Å². The Morgan fingerprint density at radius 3 is 1.63 bits per heavy atom. The molecule has 0 atom stereocenters. The van der Waals surface area contributed by atoms with Crippen LogP contribution in [0.2, 0.25) is 0 Å². The molecule has 3 heterocycles. The molecule has 254 valence electrons. The van der Waals surface area contributed by atoms with Crippen LogP contribution >= 0.6 is 0 Å². The lowest BCUT2D eigenvalue weighted by Gasteiger charge is -2.14. The molecule has 0 aliphatic carbocycles. The number of aromatic nitrogens is 4. The predicted molar refractivity (Wildman–Crippen MR) is 222 cm³/mol. The van der Waals surface area contributed by atoms with Crippen molar-refractivity contribution in [3.05, 3.63) is 206 Å². The molecule has 10 aromatic rings. The zero-order valence-corrected chi connectivity index (χ0v) is 29.4. The van der Waals surface area contributed by atoms with Crippen LogP contribution < -0.4 is 0 Å². The van der Waals surface area contributed by atoms with Gasteiger partial charge in [0.15, 0.2) is 0 Å². The molecule has 0 spiro atoms. The second kappa shape index (κ2) is 13.4. The highest BCUT2D eigenvalue weighted by Crippen LogP contribution is 2.38. The van der Waals surface area contributed by atoms with E-state index >= 15 is 0 Å². The lowest BCUT2D eigenvalue weighted by molar-refractivity contribution is 1.10. The van der Waals surface area contributed by atoms with E-state index in [1.807, 2.05) is 18.2 Å². The molecule has 54 heavy (non-hydrogen) atoms. The van der Waals surface area contributed by atoms with E-state index in [2.05, 4.69) is 197 Å². The first-order valence-electron chi connectivity index (χ1n) is 18.2. The molecule has 3 aromatic heterocycles. The Balaban J connectivity index is 1.13. The molecule has 4 nitrogen and oxygen atoms in total. The van der Waals surface area contributed by atoms with Crippen LogP contribution in [-0.2, 0) is 0 Å². The summed E-state index contributed by atoms with van der Waals surface area (Å²) in [5.74, 6) is 0.923. The smallest absolute Gasteiger partial charge is 0.145 e. The summed E-state index contributed by atoms with van der Waals surface area (Å²) in [4.78, 5) is 10.3. The number of imidazole rings is 2. The summed E-state index contributed by atoms with van der Waals surface area (Å²) in [6.45, 7) is 0. The first kappa shape index (κ1) is 31.4. The number of nitrogens with zero attached hydrogens (tertiary/aromatic N) is 4. The Labute approximate surface area is 313 Å². The number of pyridine rings is 1.